The van der Waals surface area contributed by atoms with Gasteiger partial charge in [-0.2, -0.15) is 0 Å². The number of amides is 2. The molecule has 13 heteroatoms. The number of benzene rings is 4. The molecule has 0 heterocycles. The summed E-state index contributed by atoms with van der Waals surface area (Å²) >= 11 is 0. The van der Waals surface area contributed by atoms with Gasteiger partial charge in [0.25, 0.3) is 0 Å². The van der Waals surface area contributed by atoms with E-state index in [1.54, 1.807) is 12.1 Å². The van der Waals surface area contributed by atoms with Crippen LogP contribution in [0.4, 0.5) is 14.5 Å². The van der Waals surface area contributed by atoms with E-state index in [2.05, 4.69) is 10.6 Å². The van der Waals surface area contributed by atoms with Crippen molar-refractivity contribution in [2.24, 2.45) is 0 Å². The molecule has 0 bridgehead atoms. The van der Waals surface area contributed by atoms with Crippen molar-refractivity contribution in [3.63, 3.8) is 0 Å². The molecular formula is C40H47F2N3O8. The van der Waals surface area contributed by atoms with Gasteiger partial charge in [0.1, 0.15) is 29.9 Å². The average molecular weight is 736 g/mol. The van der Waals surface area contributed by atoms with Gasteiger partial charge in [-0.15, -0.1) is 0 Å². The maximum absolute atomic E-state index is 13.7. The first-order valence-corrected chi connectivity index (χ1v) is 17.4. The molecule has 4 aromatic rings. The number of aliphatic hydroxyl groups excluding tert-OH is 6. The number of aliphatic hydroxyl groups is 6. The van der Waals surface area contributed by atoms with Gasteiger partial charge < -0.3 is 46.2 Å². The van der Waals surface area contributed by atoms with Crippen LogP contribution in [-0.4, -0.2) is 80.5 Å². The lowest BCUT2D eigenvalue weighted by molar-refractivity contribution is -0.120. The van der Waals surface area contributed by atoms with E-state index >= 15 is 0 Å². The van der Waals surface area contributed by atoms with Crippen LogP contribution in [0.15, 0.2) is 97.1 Å². The number of nitrogens with zero attached hydrogens (tertiary/aromatic N) is 1. The largest absolute Gasteiger partial charge is 0.394 e. The minimum atomic E-state index is -1.69. The summed E-state index contributed by atoms with van der Waals surface area (Å²) in [6.07, 6.45) is -4.88. The first kappa shape index (κ1) is 41.2. The topological polar surface area (TPSA) is 183 Å². The zero-order valence-electron chi connectivity index (χ0n) is 29.1. The Morgan fingerprint density at radius 2 is 1.21 bits per heavy atom. The average Bonchev–Trinajstić information content (AvgIpc) is 3.17. The van der Waals surface area contributed by atoms with Crippen LogP contribution in [0.3, 0.4) is 0 Å². The Morgan fingerprint density at radius 3 is 1.81 bits per heavy atom. The van der Waals surface area contributed by atoms with Crippen molar-refractivity contribution in [1.82, 2.24) is 10.6 Å². The smallest absolute Gasteiger partial charge is 0.224 e. The molecule has 6 atom stereocenters. The number of anilines is 1. The Kier molecular flexibility index (Phi) is 16.0. The molecule has 0 radical (unpaired) electrons. The molecule has 0 spiro atoms. The van der Waals surface area contributed by atoms with Crippen LogP contribution in [0, 0.1) is 11.6 Å². The Morgan fingerprint density at radius 1 is 0.679 bits per heavy atom. The molecule has 6 unspecified atom stereocenters. The lowest BCUT2D eigenvalue weighted by Crippen LogP contribution is -2.48. The van der Waals surface area contributed by atoms with Gasteiger partial charge in [0, 0.05) is 25.3 Å². The van der Waals surface area contributed by atoms with Crippen LogP contribution in [0.2, 0.25) is 0 Å². The number of hydrogen-bond acceptors (Lipinski definition) is 9. The van der Waals surface area contributed by atoms with E-state index in [1.165, 1.54) is 53.4 Å². The third-order valence-electron chi connectivity index (χ3n) is 9.03. The van der Waals surface area contributed by atoms with Crippen LogP contribution in [0.1, 0.15) is 59.2 Å². The zero-order chi connectivity index (χ0) is 38.3. The quantitative estimate of drug-likeness (QED) is 0.0597. The number of hydrogen-bond donors (Lipinski definition) is 8. The minimum absolute atomic E-state index is 0.0747. The summed E-state index contributed by atoms with van der Waals surface area (Å²) in [6.45, 7) is -0.229. The molecule has 0 aliphatic heterocycles. The van der Waals surface area contributed by atoms with Crippen LogP contribution in [-0.2, 0) is 29.1 Å². The number of nitrogens with one attached hydrogen (secondary N) is 2. The molecule has 0 aromatic heterocycles. The third-order valence-corrected chi connectivity index (χ3v) is 9.03. The van der Waals surface area contributed by atoms with E-state index in [0.29, 0.717) is 43.5 Å². The number of carbonyl (C=O) groups is 2. The van der Waals surface area contributed by atoms with Crippen molar-refractivity contribution in [1.29, 1.82) is 0 Å². The van der Waals surface area contributed by atoms with E-state index in [4.69, 9.17) is 5.11 Å². The Labute approximate surface area is 307 Å². The maximum Gasteiger partial charge on any atom is 0.224 e. The summed E-state index contributed by atoms with van der Waals surface area (Å²) in [5.41, 5.74) is 4.38. The highest BCUT2D eigenvalue weighted by atomic mass is 19.1. The second kappa shape index (κ2) is 20.6. The lowest BCUT2D eigenvalue weighted by Gasteiger charge is -2.29. The fourth-order valence-electron chi connectivity index (χ4n) is 5.88. The monoisotopic (exact) mass is 735 g/mol. The van der Waals surface area contributed by atoms with Gasteiger partial charge in [-0.3, -0.25) is 9.59 Å². The number of carbonyl (C=O) groups excluding carboxylic acids is 2. The second-order valence-corrected chi connectivity index (χ2v) is 12.9. The number of rotatable bonds is 21. The molecular weight excluding hydrogens is 688 g/mol. The predicted octanol–water partition coefficient (Wildman–Crippen LogP) is 2.96. The van der Waals surface area contributed by atoms with Gasteiger partial charge in [0.2, 0.25) is 12.3 Å². The molecule has 284 valence electrons. The minimum Gasteiger partial charge on any atom is -0.394 e. The molecule has 0 aliphatic rings. The van der Waals surface area contributed by atoms with E-state index in [1.807, 2.05) is 36.4 Å². The van der Waals surface area contributed by atoms with Gasteiger partial charge in [0.15, 0.2) is 0 Å². The second-order valence-electron chi connectivity index (χ2n) is 12.9. The fourth-order valence-corrected chi connectivity index (χ4v) is 5.88. The summed E-state index contributed by atoms with van der Waals surface area (Å²) in [7, 11) is 0. The van der Waals surface area contributed by atoms with Crippen LogP contribution >= 0.6 is 0 Å². The summed E-state index contributed by atoms with van der Waals surface area (Å²) in [6, 6.07) is 25.5. The van der Waals surface area contributed by atoms with Gasteiger partial charge in [0.05, 0.1) is 31.3 Å². The fraction of sp³-hybridized carbons (Fsp3) is 0.350. The van der Waals surface area contributed by atoms with Gasteiger partial charge in [-0.05, 0) is 83.5 Å². The Hall–Kier alpha value is -4.60. The van der Waals surface area contributed by atoms with E-state index < -0.39 is 54.8 Å². The molecule has 53 heavy (non-hydrogen) atoms. The normalized spacial score (nSPS) is 14.8. The Balaban J connectivity index is 1.30. The molecule has 4 rings (SSSR count). The summed E-state index contributed by atoms with van der Waals surface area (Å²) in [5.74, 6) is -1.01. The molecule has 0 saturated carbocycles. The number of halogens is 2. The lowest BCUT2D eigenvalue weighted by atomic mass is 9.95. The zero-order valence-corrected chi connectivity index (χ0v) is 29.1. The van der Waals surface area contributed by atoms with Crippen LogP contribution in [0.25, 0.3) is 0 Å². The highest BCUT2D eigenvalue weighted by molar-refractivity contribution is 5.78. The van der Waals surface area contributed by atoms with Gasteiger partial charge in [-0.1, -0.05) is 60.7 Å². The van der Waals surface area contributed by atoms with Crippen molar-refractivity contribution in [3.8, 4) is 0 Å². The van der Waals surface area contributed by atoms with Crippen molar-refractivity contribution >= 4 is 18.0 Å². The first-order chi connectivity index (χ1) is 25.5. The van der Waals surface area contributed by atoms with Crippen molar-refractivity contribution < 1.29 is 49.0 Å². The molecule has 0 aliphatic carbocycles. The SMILES string of the molecule is O=CN(c1ccc(F)cc1)C(CCCC(O)c1ccc(F)cc1)c1ccc(CNC(=O)Cc2ccc(CNCC(O)C(O)C(O)C(O)CO)cc2)cc1. The molecule has 8 N–H and O–H groups in total. The molecule has 11 nitrogen and oxygen atoms in total. The highest BCUT2D eigenvalue weighted by Gasteiger charge is 2.29. The molecule has 0 fully saturated rings. The molecule has 4 aromatic carbocycles. The van der Waals surface area contributed by atoms with Gasteiger partial charge in [-0.25, -0.2) is 8.78 Å². The Bertz CT molecular complexity index is 1700. The third kappa shape index (κ3) is 12.5. The van der Waals surface area contributed by atoms with Gasteiger partial charge >= 0.3 is 0 Å². The van der Waals surface area contributed by atoms with E-state index in [9.17, 15) is 43.9 Å². The van der Waals surface area contributed by atoms with E-state index in [0.717, 1.165) is 22.3 Å². The predicted molar refractivity (Wildman–Crippen MR) is 194 cm³/mol. The first-order valence-electron chi connectivity index (χ1n) is 17.4. The van der Waals surface area contributed by atoms with Crippen molar-refractivity contribution in [2.75, 3.05) is 18.1 Å². The van der Waals surface area contributed by atoms with Crippen LogP contribution < -0.4 is 15.5 Å². The maximum atomic E-state index is 13.7. The summed E-state index contributed by atoms with van der Waals surface area (Å²) in [5, 5.41) is 64.6. The van der Waals surface area contributed by atoms with Crippen molar-refractivity contribution in [2.45, 2.75) is 75.3 Å². The van der Waals surface area contributed by atoms with Crippen molar-refractivity contribution in [3.05, 3.63) is 137 Å². The van der Waals surface area contributed by atoms with Crippen LogP contribution in [0.5, 0.6) is 0 Å². The van der Waals surface area contributed by atoms with E-state index in [-0.39, 0.29) is 25.4 Å². The standard InChI is InChI=1S/C40H47F2N3O8/c41-31-14-12-30(13-15-31)35(48)3-1-2-34(45(25-47)33-18-16-32(42)17-19-33)29-10-8-28(9-11-29)22-44-38(51)20-26-4-6-27(7-5-26)21-43-23-36(49)39(52)40(53)37(50)24-46/h4-19,25,34-37,39-40,43,46,48-50,52-53H,1-3,20-24H2,(H,44,51). The molecule has 2 amide bonds. The highest BCUT2D eigenvalue weighted by Crippen LogP contribution is 2.32. The molecule has 0 saturated heterocycles. The summed E-state index contributed by atoms with van der Waals surface area (Å²) < 4.78 is 27.0. The summed E-state index contributed by atoms with van der Waals surface area (Å²) in [4.78, 5) is 26.6.